The van der Waals surface area contributed by atoms with Crippen molar-refractivity contribution in [3.05, 3.63) is 0 Å². The average Bonchev–Trinajstić information content (AvgIpc) is 2.55. The van der Waals surface area contributed by atoms with Gasteiger partial charge in [0.1, 0.15) is 0 Å². The van der Waals surface area contributed by atoms with E-state index in [-0.39, 0.29) is 5.60 Å². The van der Waals surface area contributed by atoms with Crippen molar-refractivity contribution in [1.82, 2.24) is 5.32 Å². The van der Waals surface area contributed by atoms with Crippen molar-refractivity contribution in [3.8, 4) is 0 Å². The summed E-state index contributed by atoms with van der Waals surface area (Å²) in [6, 6.07) is 0. The van der Waals surface area contributed by atoms with Gasteiger partial charge in [0, 0.05) is 6.54 Å². The Labute approximate surface area is 74.7 Å². The summed E-state index contributed by atoms with van der Waals surface area (Å²) >= 11 is 0. The summed E-state index contributed by atoms with van der Waals surface area (Å²) in [4.78, 5) is 0. The lowest BCUT2D eigenvalue weighted by Gasteiger charge is -2.35. The highest BCUT2D eigenvalue weighted by atomic mass is 16.5. The second-order valence-electron chi connectivity index (χ2n) is 4.36. The van der Waals surface area contributed by atoms with Crippen LogP contribution in [0.5, 0.6) is 0 Å². The summed E-state index contributed by atoms with van der Waals surface area (Å²) in [6.45, 7) is 4.08. The third-order valence-corrected chi connectivity index (χ3v) is 3.45. The van der Waals surface area contributed by atoms with Crippen LogP contribution in [0, 0.1) is 5.92 Å². The van der Waals surface area contributed by atoms with Gasteiger partial charge in [0.2, 0.25) is 0 Å². The van der Waals surface area contributed by atoms with E-state index in [2.05, 4.69) is 12.2 Å². The molecule has 1 aliphatic carbocycles. The van der Waals surface area contributed by atoms with Gasteiger partial charge in [-0.25, -0.2) is 0 Å². The topological polar surface area (TPSA) is 21.3 Å². The Balaban J connectivity index is 1.96. The first kappa shape index (κ1) is 8.52. The molecule has 0 amide bonds. The smallest absolute Gasteiger partial charge is 0.0974 e. The van der Waals surface area contributed by atoms with Crippen LogP contribution in [-0.2, 0) is 4.74 Å². The van der Waals surface area contributed by atoms with E-state index >= 15 is 0 Å². The molecule has 1 saturated carbocycles. The number of nitrogens with one attached hydrogen (secondary N) is 1. The van der Waals surface area contributed by atoms with E-state index in [9.17, 15) is 0 Å². The molecule has 0 aromatic heterocycles. The van der Waals surface area contributed by atoms with Crippen LogP contribution in [0.1, 0.15) is 39.0 Å². The molecule has 2 aliphatic rings. The average molecular weight is 169 g/mol. The van der Waals surface area contributed by atoms with Gasteiger partial charge < -0.3 is 4.74 Å². The van der Waals surface area contributed by atoms with Gasteiger partial charge in [0.15, 0.2) is 0 Å². The van der Waals surface area contributed by atoms with E-state index in [4.69, 9.17) is 4.74 Å². The van der Waals surface area contributed by atoms with Gasteiger partial charge in [0.25, 0.3) is 0 Å². The van der Waals surface area contributed by atoms with Gasteiger partial charge in [-0.2, -0.15) is 0 Å². The van der Waals surface area contributed by atoms with Crippen LogP contribution in [0.2, 0.25) is 0 Å². The molecular formula is C10H19NO. The minimum Gasteiger partial charge on any atom is -0.359 e. The highest BCUT2D eigenvalue weighted by Gasteiger charge is 2.38. The van der Waals surface area contributed by atoms with Crippen molar-refractivity contribution in [3.63, 3.8) is 0 Å². The van der Waals surface area contributed by atoms with Gasteiger partial charge in [-0.15, -0.1) is 0 Å². The zero-order valence-electron chi connectivity index (χ0n) is 7.94. The minimum atomic E-state index is 0.153. The zero-order chi connectivity index (χ0) is 8.44. The van der Waals surface area contributed by atoms with Crippen LogP contribution in [0.3, 0.4) is 0 Å². The second kappa shape index (κ2) is 3.35. The molecule has 1 atom stereocenters. The first-order valence-corrected chi connectivity index (χ1v) is 5.16. The summed E-state index contributed by atoms with van der Waals surface area (Å²) < 4.78 is 5.77. The van der Waals surface area contributed by atoms with Crippen molar-refractivity contribution < 1.29 is 4.74 Å². The van der Waals surface area contributed by atoms with Crippen LogP contribution >= 0.6 is 0 Å². The van der Waals surface area contributed by atoms with Gasteiger partial charge in [-0.1, -0.05) is 19.3 Å². The molecule has 0 radical (unpaired) electrons. The van der Waals surface area contributed by atoms with E-state index in [1.54, 1.807) is 0 Å². The van der Waals surface area contributed by atoms with Gasteiger partial charge in [0.05, 0.1) is 12.3 Å². The Bertz CT molecular complexity index is 146. The van der Waals surface area contributed by atoms with Crippen molar-refractivity contribution in [2.45, 2.75) is 44.6 Å². The molecule has 0 spiro atoms. The molecule has 0 aromatic rings. The number of ether oxygens (including phenoxy) is 1. The maximum Gasteiger partial charge on any atom is 0.0974 e. The molecule has 1 unspecified atom stereocenters. The zero-order valence-corrected chi connectivity index (χ0v) is 7.94. The lowest BCUT2D eigenvalue weighted by Crippen LogP contribution is -2.39. The van der Waals surface area contributed by atoms with Crippen LogP contribution < -0.4 is 5.32 Å². The maximum absolute atomic E-state index is 5.77. The molecule has 2 heteroatoms. The standard InChI is InChI=1S/C10H19NO/c1-10(7-11-8-12-10)9-5-3-2-4-6-9/h9,11H,2-8H2,1H3. The molecule has 2 fully saturated rings. The Morgan fingerprint density at radius 1 is 1.25 bits per heavy atom. The molecule has 0 bridgehead atoms. The quantitative estimate of drug-likeness (QED) is 0.647. The van der Waals surface area contributed by atoms with Gasteiger partial charge in [-0.05, 0) is 25.7 Å². The lowest BCUT2D eigenvalue weighted by atomic mass is 9.78. The Kier molecular flexibility index (Phi) is 2.37. The summed E-state index contributed by atoms with van der Waals surface area (Å²) in [6.07, 6.45) is 6.99. The molecular weight excluding hydrogens is 150 g/mol. The van der Waals surface area contributed by atoms with Crippen LogP contribution in [0.25, 0.3) is 0 Å². The SMILES string of the molecule is CC1(C2CCCCC2)CNCO1. The van der Waals surface area contributed by atoms with Crippen molar-refractivity contribution in [2.24, 2.45) is 5.92 Å². The lowest BCUT2D eigenvalue weighted by molar-refractivity contribution is -0.0336. The predicted molar refractivity (Wildman–Crippen MR) is 48.9 cm³/mol. The molecule has 1 saturated heterocycles. The number of rotatable bonds is 1. The summed E-state index contributed by atoms with van der Waals surface area (Å²) in [5.41, 5.74) is 0.153. The molecule has 2 rings (SSSR count). The van der Waals surface area contributed by atoms with Crippen molar-refractivity contribution in [1.29, 1.82) is 0 Å². The van der Waals surface area contributed by atoms with E-state index < -0.39 is 0 Å². The third-order valence-electron chi connectivity index (χ3n) is 3.45. The third kappa shape index (κ3) is 1.50. The maximum atomic E-state index is 5.77. The normalized spacial score (nSPS) is 38.8. The minimum absolute atomic E-state index is 0.153. The highest BCUT2D eigenvalue weighted by molar-refractivity contribution is 4.90. The first-order chi connectivity index (χ1) is 5.81. The molecule has 70 valence electrons. The largest absolute Gasteiger partial charge is 0.359 e. The molecule has 12 heavy (non-hydrogen) atoms. The van der Waals surface area contributed by atoms with Crippen LogP contribution in [0.4, 0.5) is 0 Å². The summed E-state index contributed by atoms with van der Waals surface area (Å²) in [5, 5.41) is 3.29. The van der Waals surface area contributed by atoms with E-state index in [0.717, 1.165) is 19.2 Å². The number of hydrogen-bond acceptors (Lipinski definition) is 2. The van der Waals surface area contributed by atoms with E-state index in [0.29, 0.717) is 0 Å². The van der Waals surface area contributed by atoms with Crippen LogP contribution in [-0.4, -0.2) is 18.9 Å². The molecule has 1 heterocycles. The first-order valence-electron chi connectivity index (χ1n) is 5.16. The Hall–Kier alpha value is -0.0800. The van der Waals surface area contributed by atoms with Crippen molar-refractivity contribution in [2.75, 3.05) is 13.3 Å². The fourth-order valence-corrected chi connectivity index (χ4v) is 2.54. The summed E-state index contributed by atoms with van der Waals surface area (Å²) in [7, 11) is 0. The predicted octanol–water partition coefficient (Wildman–Crippen LogP) is 1.90. The Morgan fingerprint density at radius 3 is 2.58 bits per heavy atom. The fourth-order valence-electron chi connectivity index (χ4n) is 2.54. The van der Waals surface area contributed by atoms with Crippen molar-refractivity contribution >= 4 is 0 Å². The highest BCUT2D eigenvalue weighted by Crippen LogP contribution is 2.35. The van der Waals surface area contributed by atoms with Gasteiger partial charge in [-0.3, -0.25) is 5.32 Å². The fraction of sp³-hybridized carbons (Fsp3) is 1.00. The number of hydrogen-bond donors (Lipinski definition) is 1. The Morgan fingerprint density at radius 2 is 2.00 bits per heavy atom. The molecule has 1 N–H and O–H groups in total. The van der Waals surface area contributed by atoms with Gasteiger partial charge >= 0.3 is 0 Å². The van der Waals surface area contributed by atoms with E-state index in [1.165, 1.54) is 32.1 Å². The molecule has 2 nitrogen and oxygen atoms in total. The molecule has 0 aromatic carbocycles. The van der Waals surface area contributed by atoms with E-state index in [1.807, 2.05) is 0 Å². The van der Waals surface area contributed by atoms with Crippen LogP contribution in [0.15, 0.2) is 0 Å². The second-order valence-corrected chi connectivity index (χ2v) is 4.36. The monoisotopic (exact) mass is 169 g/mol. The molecule has 1 aliphatic heterocycles. The summed E-state index contributed by atoms with van der Waals surface area (Å²) in [5.74, 6) is 0.807.